The molecule has 1 aliphatic carbocycles. The smallest absolute Gasteiger partial charge is 0.223 e. The maximum Gasteiger partial charge on any atom is 0.223 e. The molecular formula is C14H19N3O. The summed E-state index contributed by atoms with van der Waals surface area (Å²) in [7, 11) is 0. The minimum absolute atomic E-state index is 0.0544. The van der Waals surface area contributed by atoms with Gasteiger partial charge in [-0.1, -0.05) is 12.8 Å². The van der Waals surface area contributed by atoms with Crippen molar-refractivity contribution in [1.29, 1.82) is 0 Å². The van der Waals surface area contributed by atoms with Crippen molar-refractivity contribution >= 4 is 5.91 Å². The van der Waals surface area contributed by atoms with Crippen LogP contribution in [0.1, 0.15) is 49.9 Å². The van der Waals surface area contributed by atoms with E-state index in [-0.39, 0.29) is 5.54 Å². The number of nitrogens with one attached hydrogen (secondary N) is 1. The summed E-state index contributed by atoms with van der Waals surface area (Å²) in [6.07, 6.45) is 9.47. The number of hydrogen-bond acceptors (Lipinski definition) is 2. The Morgan fingerprint density at radius 3 is 3.22 bits per heavy atom. The van der Waals surface area contributed by atoms with E-state index in [1.165, 1.54) is 30.7 Å². The highest BCUT2D eigenvalue weighted by Gasteiger charge is 2.54. The number of hydrogen-bond donors (Lipinski definition) is 1. The van der Waals surface area contributed by atoms with E-state index < -0.39 is 0 Å². The number of H-pyrrole nitrogens is 1. The summed E-state index contributed by atoms with van der Waals surface area (Å²) < 4.78 is 0. The number of carbonyl (C=O) groups excluding carboxylic acids is 1. The van der Waals surface area contributed by atoms with Crippen LogP contribution in [0.2, 0.25) is 0 Å². The molecule has 0 aromatic carbocycles. The average molecular weight is 245 g/mol. The molecule has 4 nitrogen and oxygen atoms in total. The third-order valence-corrected chi connectivity index (χ3v) is 5.24. The van der Waals surface area contributed by atoms with E-state index in [1.54, 1.807) is 0 Å². The molecule has 3 heterocycles. The molecule has 96 valence electrons. The molecule has 4 rings (SSSR count). The number of fused-ring (bicyclic) bond motifs is 1. The van der Waals surface area contributed by atoms with Crippen LogP contribution in [0.15, 0.2) is 6.33 Å². The number of nitrogens with zero attached hydrogens (tertiary/aromatic N) is 2. The lowest BCUT2D eigenvalue weighted by atomic mass is 9.64. The van der Waals surface area contributed by atoms with Gasteiger partial charge in [0.05, 0.1) is 17.6 Å². The molecular weight excluding hydrogens is 226 g/mol. The number of imidazole rings is 1. The molecule has 4 heteroatoms. The third-order valence-electron chi connectivity index (χ3n) is 5.24. The quantitative estimate of drug-likeness (QED) is 0.759. The Balaban J connectivity index is 1.90. The van der Waals surface area contributed by atoms with E-state index in [2.05, 4.69) is 14.9 Å². The molecule has 1 saturated carbocycles. The monoisotopic (exact) mass is 245 g/mol. The summed E-state index contributed by atoms with van der Waals surface area (Å²) in [6.45, 7) is 0.879. The zero-order valence-corrected chi connectivity index (χ0v) is 10.6. The van der Waals surface area contributed by atoms with Gasteiger partial charge >= 0.3 is 0 Å². The molecule has 1 aromatic rings. The molecule has 0 radical (unpaired) electrons. The van der Waals surface area contributed by atoms with Crippen molar-refractivity contribution in [2.24, 2.45) is 5.92 Å². The summed E-state index contributed by atoms with van der Waals surface area (Å²) >= 11 is 0. The van der Waals surface area contributed by atoms with Gasteiger partial charge in [-0.25, -0.2) is 4.98 Å². The Labute approximate surface area is 107 Å². The standard InChI is InChI=1S/C14H19N3O/c18-12-5-4-10-3-1-2-7-14(10)13-11(15-9-16-13)6-8-17(12)14/h9-10H,1-8H2,(H,15,16)/t10-,14-/m1/s1. The maximum atomic E-state index is 12.3. The van der Waals surface area contributed by atoms with E-state index >= 15 is 0 Å². The fourth-order valence-corrected chi connectivity index (χ4v) is 4.49. The van der Waals surface area contributed by atoms with Crippen molar-refractivity contribution in [1.82, 2.24) is 14.9 Å². The molecule has 1 amide bonds. The van der Waals surface area contributed by atoms with E-state index in [0.717, 1.165) is 32.2 Å². The predicted octanol–water partition coefficient (Wildman–Crippen LogP) is 1.97. The Kier molecular flexibility index (Phi) is 2.11. The Morgan fingerprint density at radius 1 is 1.33 bits per heavy atom. The highest BCUT2D eigenvalue weighted by Crippen LogP contribution is 2.52. The average Bonchev–Trinajstić information content (AvgIpc) is 2.87. The molecule has 3 aliphatic rings. The van der Waals surface area contributed by atoms with E-state index in [4.69, 9.17) is 0 Å². The minimum Gasteiger partial charge on any atom is -0.348 e. The lowest BCUT2D eigenvalue weighted by Gasteiger charge is -2.55. The molecule has 18 heavy (non-hydrogen) atoms. The number of aromatic nitrogens is 2. The van der Waals surface area contributed by atoms with Crippen molar-refractivity contribution in [2.75, 3.05) is 6.54 Å². The van der Waals surface area contributed by atoms with Crippen molar-refractivity contribution in [3.05, 3.63) is 17.7 Å². The summed E-state index contributed by atoms with van der Waals surface area (Å²) in [5.74, 6) is 0.980. The first kappa shape index (κ1) is 10.6. The number of carbonyl (C=O) groups is 1. The van der Waals surface area contributed by atoms with Crippen LogP contribution in [0.4, 0.5) is 0 Å². The molecule has 1 aromatic heterocycles. The van der Waals surface area contributed by atoms with E-state index in [9.17, 15) is 4.79 Å². The largest absolute Gasteiger partial charge is 0.348 e. The SMILES string of the molecule is O=C1CC[C@H]2CCCC[C@]23c2nc[nH]c2CCN13. The van der Waals surface area contributed by atoms with Crippen molar-refractivity contribution in [2.45, 2.75) is 50.5 Å². The fourth-order valence-electron chi connectivity index (χ4n) is 4.49. The van der Waals surface area contributed by atoms with Crippen LogP contribution >= 0.6 is 0 Å². The van der Waals surface area contributed by atoms with E-state index in [1.807, 2.05) is 6.33 Å². The predicted molar refractivity (Wildman–Crippen MR) is 66.9 cm³/mol. The Bertz CT molecular complexity index is 495. The van der Waals surface area contributed by atoms with Crippen molar-refractivity contribution < 1.29 is 4.79 Å². The van der Waals surface area contributed by atoms with Gasteiger partial charge in [-0.05, 0) is 25.2 Å². The van der Waals surface area contributed by atoms with Gasteiger partial charge in [-0.15, -0.1) is 0 Å². The number of aromatic amines is 1. The fraction of sp³-hybridized carbons (Fsp3) is 0.714. The summed E-state index contributed by atoms with van der Waals surface area (Å²) in [5.41, 5.74) is 2.40. The molecule has 0 unspecified atom stereocenters. The van der Waals surface area contributed by atoms with Gasteiger partial charge < -0.3 is 9.88 Å². The van der Waals surface area contributed by atoms with Gasteiger partial charge in [0, 0.05) is 25.1 Å². The molecule has 2 aliphatic heterocycles. The first-order chi connectivity index (χ1) is 8.82. The number of piperidine rings is 1. The second kappa shape index (κ2) is 3.59. The molecule has 1 N–H and O–H groups in total. The van der Waals surface area contributed by atoms with Gasteiger partial charge in [0.15, 0.2) is 0 Å². The molecule has 0 bridgehead atoms. The van der Waals surface area contributed by atoms with Crippen molar-refractivity contribution in [3.63, 3.8) is 0 Å². The van der Waals surface area contributed by atoms with Crippen LogP contribution in [0.3, 0.4) is 0 Å². The molecule has 1 saturated heterocycles. The zero-order valence-electron chi connectivity index (χ0n) is 10.6. The topological polar surface area (TPSA) is 49.0 Å². The zero-order chi connectivity index (χ0) is 12.2. The maximum absolute atomic E-state index is 12.3. The van der Waals surface area contributed by atoms with Crippen LogP contribution in [0.5, 0.6) is 0 Å². The second-order valence-corrected chi connectivity index (χ2v) is 5.93. The third kappa shape index (κ3) is 1.16. The van der Waals surface area contributed by atoms with Crippen molar-refractivity contribution in [3.8, 4) is 0 Å². The molecule has 1 spiro atoms. The number of rotatable bonds is 0. The van der Waals surface area contributed by atoms with Gasteiger partial charge in [-0.3, -0.25) is 4.79 Å². The molecule has 2 atom stereocenters. The van der Waals surface area contributed by atoms with Crippen LogP contribution in [0, 0.1) is 5.92 Å². The lowest BCUT2D eigenvalue weighted by molar-refractivity contribution is -0.152. The van der Waals surface area contributed by atoms with Crippen LogP contribution in [-0.4, -0.2) is 27.3 Å². The van der Waals surface area contributed by atoms with Gasteiger partial charge in [0.1, 0.15) is 0 Å². The summed E-state index contributed by atoms with van der Waals surface area (Å²) in [6, 6.07) is 0. The summed E-state index contributed by atoms with van der Waals surface area (Å²) in [4.78, 5) is 22.4. The molecule has 2 fully saturated rings. The summed E-state index contributed by atoms with van der Waals surface area (Å²) in [5, 5.41) is 0. The highest BCUT2D eigenvalue weighted by atomic mass is 16.2. The van der Waals surface area contributed by atoms with Gasteiger partial charge in [0.2, 0.25) is 5.91 Å². The number of amides is 1. The normalized spacial score (nSPS) is 34.8. The van der Waals surface area contributed by atoms with Crippen LogP contribution in [0.25, 0.3) is 0 Å². The van der Waals surface area contributed by atoms with E-state index in [0.29, 0.717) is 11.8 Å². The first-order valence-corrected chi connectivity index (χ1v) is 7.15. The Hall–Kier alpha value is -1.32. The highest BCUT2D eigenvalue weighted by molar-refractivity contribution is 5.79. The first-order valence-electron chi connectivity index (χ1n) is 7.15. The lowest BCUT2D eigenvalue weighted by Crippen LogP contribution is -2.61. The van der Waals surface area contributed by atoms with Crippen LogP contribution < -0.4 is 0 Å². The Morgan fingerprint density at radius 2 is 2.28 bits per heavy atom. The van der Waals surface area contributed by atoms with Gasteiger partial charge in [-0.2, -0.15) is 0 Å². The van der Waals surface area contributed by atoms with Crippen LogP contribution in [-0.2, 0) is 16.8 Å². The minimum atomic E-state index is -0.0544. The second-order valence-electron chi connectivity index (χ2n) is 5.93. The van der Waals surface area contributed by atoms with Gasteiger partial charge in [0.25, 0.3) is 0 Å².